The van der Waals surface area contributed by atoms with Crippen LogP contribution in [-0.4, -0.2) is 40.6 Å². The van der Waals surface area contributed by atoms with E-state index >= 15 is 0 Å². The maximum Gasteiger partial charge on any atom is 0.208 e. The van der Waals surface area contributed by atoms with E-state index in [1.165, 1.54) is 0 Å². The van der Waals surface area contributed by atoms with Crippen molar-refractivity contribution in [2.24, 2.45) is 0 Å². The first-order chi connectivity index (χ1) is 10.7. The minimum absolute atomic E-state index is 0.104. The number of carbonyl (C=O) groups is 1. The summed E-state index contributed by atoms with van der Waals surface area (Å²) in [6.45, 7) is 3.02. The van der Waals surface area contributed by atoms with E-state index < -0.39 is 0 Å². The zero-order chi connectivity index (χ0) is 15.1. The van der Waals surface area contributed by atoms with Crippen LogP contribution in [0.3, 0.4) is 0 Å². The molecule has 0 aromatic carbocycles. The van der Waals surface area contributed by atoms with Gasteiger partial charge in [-0.05, 0) is 67.5 Å². The van der Waals surface area contributed by atoms with Gasteiger partial charge >= 0.3 is 0 Å². The Morgan fingerprint density at radius 2 is 2.09 bits per heavy atom. The predicted molar refractivity (Wildman–Crippen MR) is 80.7 cm³/mol. The molecule has 0 amide bonds. The molecule has 6 nitrogen and oxygen atoms in total. The Labute approximate surface area is 128 Å². The summed E-state index contributed by atoms with van der Waals surface area (Å²) in [4.78, 5) is 26.9. The summed E-state index contributed by atoms with van der Waals surface area (Å²) in [5.41, 5.74) is 2.35. The van der Waals surface area contributed by atoms with E-state index in [9.17, 15) is 9.70 Å². The lowest BCUT2D eigenvalue weighted by Gasteiger charge is -2.33. The molecule has 6 heteroatoms. The molecule has 3 aliphatic rings. The van der Waals surface area contributed by atoms with E-state index in [-0.39, 0.29) is 17.6 Å². The lowest BCUT2D eigenvalue weighted by molar-refractivity contribution is -0.583. The molecule has 0 bridgehead atoms. The molecule has 115 valence electrons. The molecule has 1 aliphatic heterocycles. The van der Waals surface area contributed by atoms with Gasteiger partial charge in [0.2, 0.25) is 5.69 Å². The van der Waals surface area contributed by atoms with Gasteiger partial charge in [0.05, 0.1) is 16.0 Å². The van der Waals surface area contributed by atoms with Gasteiger partial charge in [0.15, 0.2) is 11.5 Å². The van der Waals surface area contributed by atoms with Gasteiger partial charge in [-0.3, -0.25) is 4.79 Å². The third-order valence-corrected chi connectivity index (χ3v) is 5.10. The normalized spacial score (nSPS) is 27.7. The fraction of sp³-hybridized carbons (Fsp3) is 0.562. The summed E-state index contributed by atoms with van der Waals surface area (Å²) in [6.07, 6.45) is 9.59. The quantitative estimate of drug-likeness (QED) is 0.833. The zero-order valence-electron chi connectivity index (χ0n) is 12.5. The Balaban J connectivity index is 1.72. The second kappa shape index (κ2) is 5.43. The number of nitrogens with zero attached hydrogens (tertiary/aromatic N) is 3. The second-order valence-electron chi connectivity index (χ2n) is 6.42. The van der Waals surface area contributed by atoms with Crippen LogP contribution in [0.15, 0.2) is 6.08 Å². The van der Waals surface area contributed by atoms with E-state index in [0.29, 0.717) is 0 Å². The Bertz CT molecular complexity index is 688. The monoisotopic (exact) mass is 300 g/mol. The number of nitrogens with one attached hydrogen (secondary N) is 1. The SMILES string of the molecule is O=C1C=Cc2n[nH][n+](=O)c3c2C1CCC3CN1CC[CH]CC1. The summed E-state index contributed by atoms with van der Waals surface area (Å²) in [5, 5.41) is 6.63. The molecule has 2 aliphatic carbocycles. The number of ketones is 1. The summed E-state index contributed by atoms with van der Waals surface area (Å²) < 4.78 is 0.776. The fourth-order valence-electron chi connectivity index (χ4n) is 4.01. The second-order valence-corrected chi connectivity index (χ2v) is 6.42. The number of hydrogen-bond acceptors (Lipinski definition) is 4. The molecule has 1 aromatic heterocycles. The largest absolute Gasteiger partial charge is 0.303 e. The van der Waals surface area contributed by atoms with Crippen LogP contribution in [0.5, 0.6) is 0 Å². The molecule has 2 heterocycles. The zero-order valence-corrected chi connectivity index (χ0v) is 12.5. The minimum Gasteiger partial charge on any atom is -0.303 e. The third-order valence-electron chi connectivity index (χ3n) is 5.10. The molecule has 1 fully saturated rings. The first kappa shape index (κ1) is 13.8. The summed E-state index contributed by atoms with van der Waals surface area (Å²) in [5.74, 6) is 0.107. The number of hydrogen-bond donors (Lipinski definition) is 1. The highest BCUT2D eigenvalue weighted by Crippen LogP contribution is 2.41. The summed E-state index contributed by atoms with van der Waals surface area (Å²) in [7, 11) is 0. The van der Waals surface area contributed by atoms with Crippen molar-refractivity contribution in [3.8, 4) is 0 Å². The van der Waals surface area contributed by atoms with Crippen LogP contribution in [-0.2, 0) is 4.79 Å². The molecule has 1 saturated heterocycles. The number of aromatic amines is 1. The highest BCUT2D eigenvalue weighted by molar-refractivity contribution is 6.01. The fourth-order valence-corrected chi connectivity index (χ4v) is 4.01. The molecule has 0 saturated carbocycles. The van der Waals surface area contributed by atoms with Gasteiger partial charge in [-0.2, -0.15) is 0 Å². The van der Waals surface area contributed by atoms with Crippen molar-refractivity contribution in [3.63, 3.8) is 0 Å². The number of rotatable bonds is 2. The topological polar surface area (TPSA) is 72.0 Å². The van der Waals surface area contributed by atoms with E-state index in [4.69, 9.17) is 0 Å². The number of likely N-dealkylation sites (tertiary alicyclic amines) is 1. The van der Waals surface area contributed by atoms with Gasteiger partial charge in [0.1, 0.15) is 0 Å². The van der Waals surface area contributed by atoms with Gasteiger partial charge in [-0.15, -0.1) is 0 Å². The lowest BCUT2D eigenvalue weighted by Crippen LogP contribution is -2.42. The maximum absolute atomic E-state index is 12.3. The Hall–Kier alpha value is -1.82. The van der Waals surface area contributed by atoms with Crippen molar-refractivity contribution >= 4 is 11.9 Å². The molecular formula is C16H20N4O2+. The minimum atomic E-state index is -0.178. The first-order valence-electron chi connectivity index (χ1n) is 8.05. The predicted octanol–water partition coefficient (Wildman–Crippen LogP) is 1.18. The number of allylic oxidation sites excluding steroid dienone is 1. The number of piperidine rings is 1. The van der Waals surface area contributed by atoms with Crippen LogP contribution in [0.1, 0.15) is 54.5 Å². The Morgan fingerprint density at radius 1 is 1.27 bits per heavy atom. The molecule has 1 radical (unpaired) electrons. The Morgan fingerprint density at radius 3 is 2.91 bits per heavy atom. The van der Waals surface area contributed by atoms with Gasteiger partial charge in [0.25, 0.3) is 0 Å². The molecular weight excluding hydrogens is 280 g/mol. The molecule has 1 N–H and O–H groups in total. The van der Waals surface area contributed by atoms with Crippen LogP contribution in [0.25, 0.3) is 6.08 Å². The van der Waals surface area contributed by atoms with Gasteiger partial charge in [-0.1, -0.05) is 0 Å². The van der Waals surface area contributed by atoms with Crippen LogP contribution in [0, 0.1) is 11.3 Å². The number of aromatic nitrogens is 3. The van der Waals surface area contributed by atoms with E-state index in [0.717, 1.165) is 66.8 Å². The molecule has 0 spiro atoms. The molecule has 22 heavy (non-hydrogen) atoms. The van der Waals surface area contributed by atoms with E-state index in [1.807, 2.05) is 0 Å². The lowest BCUT2D eigenvalue weighted by atomic mass is 9.75. The first-order valence-corrected chi connectivity index (χ1v) is 8.05. The van der Waals surface area contributed by atoms with E-state index in [1.54, 1.807) is 12.2 Å². The molecule has 1 aromatic rings. The molecule has 4 rings (SSSR count). The maximum atomic E-state index is 12.3. The summed E-state index contributed by atoms with van der Waals surface area (Å²) in [6, 6.07) is 0. The van der Waals surface area contributed by atoms with E-state index in [2.05, 4.69) is 21.6 Å². The summed E-state index contributed by atoms with van der Waals surface area (Å²) >= 11 is 0. The van der Waals surface area contributed by atoms with Crippen molar-refractivity contribution < 1.29 is 9.34 Å². The van der Waals surface area contributed by atoms with Crippen LogP contribution in [0.2, 0.25) is 0 Å². The molecule has 2 atom stereocenters. The van der Waals surface area contributed by atoms with Crippen LogP contribution in [0.4, 0.5) is 0 Å². The third kappa shape index (κ3) is 2.22. The standard InChI is InChI=1S/C16H19N4O2/c21-14-7-6-13-15-12(14)5-4-11(16(15)20(22)18-17-13)10-19-8-2-1-3-9-19/h1,6-7,11-12H,2-5,8-10H2/p+1. The van der Waals surface area contributed by atoms with Crippen molar-refractivity contribution in [3.05, 3.63) is 34.4 Å². The van der Waals surface area contributed by atoms with Gasteiger partial charge in [0, 0.05) is 17.6 Å². The molecule has 2 unspecified atom stereocenters. The number of H-pyrrole nitrogens is 1. The van der Waals surface area contributed by atoms with Crippen molar-refractivity contribution in [1.82, 2.24) is 15.2 Å². The van der Waals surface area contributed by atoms with Crippen molar-refractivity contribution in [2.45, 2.75) is 37.5 Å². The average Bonchev–Trinajstić information content (AvgIpc) is 2.55. The Kier molecular flexibility index (Phi) is 3.41. The highest BCUT2D eigenvalue weighted by Gasteiger charge is 2.41. The smallest absolute Gasteiger partial charge is 0.208 e. The average molecular weight is 300 g/mol. The van der Waals surface area contributed by atoms with Crippen molar-refractivity contribution in [2.75, 3.05) is 19.6 Å². The van der Waals surface area contributed by atoms with Crippen LogP contribution >= 0.6 is 0 Å². The highest BCUT2D eigenvalue weighted by atomic mass is 16.3. The van der Waals surface area contributed by atoms with Gasteiger partial charge in [-0.25, -0.2) is 0 Å². The van der Waals surface area contributed by atoms with Gasteiger partial charge < -0.3 is 4.90 Å². The number of carbonyl (C=O) groups excluding carboxylic acids is 1. The van der Waals surface area contributed by atoms with Crippen molar-refractivity contribution in [1.29, 1.82) is 0 Å². The van der Waals surface area contributed by atoms with Crippen LogP contribution < -0.4 is 4.54 Å².